The molecule has 1 aliphatic heterocycles. The molecule has 1 aromatic heterocycles. The highest BCUT2D eigenvalue weighted by Crippen LogP contribution is 2.38. The van der Waals surface area contributed by atoms with Gasteiger partial charge in [-0.15, -0.1) is 0 Å². The molecule has 1 aliphatic carbocycles. The second kappa shape index (κ2) is 7.94. The summed E-state index contributed by atoms with van der Waals surface area (Å²) in [5.74, 6) is 1.15. The number of rotatable bonds is 5. The van der Waals surface area contributed by atoms with Crippen molar-refractivity contribution in [1.29, 1.82) is 0 Å². The molecule has 0 radical (unpaired) electrons. The molecule has 2 aliphatic rings. The lowest BCUT2D eigenvalue weighted by atomic mass is 9.76. The van der Waals surface area contributed by atoms with Gasteiger partial charge < -0.3 is 20.3 Å². The van der Waals surface area contributed by atoms with Gasteiger partial charge in [0.05, 0.1) is 5.69 Å². The van der Waals surface area contributed by atoms with Crippen molar-refractivity contribution < 1.29 is 14.4 Å². The van der Waals surface area contributed by atoms with E-state index in [1.165, 1.54) is 12.1 Å². The highest BCUT2D eigenvalue weighted by Gasteiger charge is 2.34. The van der Waals surface area contributed by atoms with E-state index in [1.54, 1.807) is 12.1 Å². The molecule has 0 saturated carbocycles. The van der Waals surface area contributed by atoms with Crippen molar-refractivity contribution in [2.45, 2.75) is 45.2 Å². The number of anilines is 3. The molecule has 2 heterocycles. The van der Waals surface area contributed by atoms with Crippen LogP contribution in [-0.2, 0) is 25.8 Å². The number of nitrogens with zero attached hydrogens (tertiary/aromatic N) is 3. The van der Waals surface area contributed by atoms with Crippen LogP contribution in [0, 0.1) is 5.82 Å². The van der Waals surface area contributed by atoms with E-state index in [4.69, 9.17) is 9.97 Å². The fourth-order valence-corrected chi connectivity index (χ4v) is 4.72. The van der Waals surface area contributed by atoms with Crippen molar-refractivity contribution in [2.75, 3.05) is 10.2 Å². The summed E-state index contributed by atoms with van der Waals surface area (Å²) >= 11 is 0. The Morgan fingerprint density at radius 1 is 1.13 bits per heavy atom. The highest BCUT2D eigenvalue weighted by atomic mass is 19.1. The Morgan fingerprint density at radius 2 is 1.97 bits per heavy atom. The average molecular weight is 418 g/mol. The van der Waals surface area contributed by atoms with Crippen LogP contribution in [0.3, 0.4) is 0 Å². The fraction of sp³-hybridized carbons (Fsp3) is 0.304. The lowest BCUT2D eigenvalue weighted by Gasteiger charge is -2.24. The van der Waals surface area contributed by atoms with Crippen LogP contribution in [0.4, 0.5) is 21.8 Å². The predicted molar refractivity (Wildman–Crippen MR) is 119 cm³/mol. The molecule has 0 bridgehead atoms. The highest BCUT2D eigenvalue weighted by molar-refractivity contribution is 6.59. The monoisotopic (exact) mass is 418 g/mol. The Labute approximate surface area is 180 Å². The van der Waals surface area contributed by atoms with Crippen molar-refractivity contribution >= 4 is 30.0 Å². The number of hydrogen-bond donors (Lipinski definition) is 3. The molecule has 8 heteroatoms. The summed E-state index contributed by atoms with van der Waals surface area (Å²) < 4.78 is 13.6. The quantitative estimate of drug-likeness (QED) is 0.553. The van der Waals surface area contributed by atoms with E-state index in [1.807, 2.05) is 18.2 Å². The van der Waals surface area contributed by atoms with Crippen LogP contribution < -0.4 is 15.7 Å². The minimum atomic E-state index is -1.51. The number of nitrogens with one attached hydrogen (secondary N) is 1. The second-order valence-electron chi connectivity index (χ2n) is 8.28. The Kier molecular flexibility index (Phi) is 5.12. The molecule has 3 aromatic rings. The van der Waals surface area contributed by atoms with Crippen LogP contribution in [0.1, 0.15) is 35.7 Å². The van der Waals surface area contributed by atoms with Crippen LogP contribution in [-0.4, -0.2) is 33.2 Å². The standard InChI is InChI=1S/C23H24BFN4O2/c1-14-11-18-19(24(30)31)8-4-10-21(18)29(14)23-27-20-9-3-7-17(20)22(28-23)26-13-15-5-2-6-16(25)12-15/h2,4-6,8,10,12,14,30-31H,3,7,9,11,13H2,1H3,(H,26,27,28). The van der Waals surface area contributed by atoms with Gasteiger partial charge in [-0.05, 0) is 67.4 Å². The average Bonchev–Trinajstić information content (AvgIpc) is 3.35. The van der Waals surface area contributed by atoms with Gasteiger partial charge in [-0.3, -0.25) is 0 Å². The molecule has 0 spiro atoms. The molecule has 3 N–H and O–H groups in total. The lowest BCUT2D eigenvalue weighted by Crippen LogP contribution is -2.32. The molecule has 31 heavy (non-hydrogen) atoms. The van der Waals surface area contributed by atoms with E-state index in [-0.39, 0.29) is 11.9 Å². The van der Waals surface area contributed by atoms with E-state index >= 15 is 0 Å². The van der Waals surface area contributed by atoms with Gasteiger partial charge >= 0.3 is 7.12 Å². The van der Waals surface area contributed by atoms with Crippen LogP contribution in [0.15, 0.2) is 42.5 Å². The topological polar surface area (TPSA) is 81.5 Å². The molecule has 1 atom stereocenters. The van der Waals surface area contributed by atoms with Crippen molar-refractivity contribution in [2.24, 2.45) is 0 Å². The smallest absolute Gasteiger partial charge is 0.423 e. The SMILES string of the molecule is CC1Cc2c(B(O)O)cccc2N1c1nc2c(c(NCc3cccc(F)c3)n1)CCC2. The van der Waals surface area contributed by atoms with E-state index in [0.717, 1.165) is 53.2 Å². The van der Waals surface area contributed by atoms with Gasteiger partial charge in [0, 0.05) is 23.8 Å². The Morgan fingerprint density at radius 3 is 2.77 bits per heavy atom. The first kappa shape index (κ1) is 20.0. The molecule has 6 nitrogen and oxygen atoms in total. The zero-order valence-electron chi connectivity index (χ0n) is 17.3. The van der Waals surface area contributed by atoms with Crippen LogP contribution in [0.2, 0.25) is 0 Å². The van der Waals surface area contributed by atoms with Crippen molar-refractivity contribution in [3.05, 3.63) is 70.7 Å². The molecular formula is C23H24BFN4O2. The number of benzene rings is 2. The van der Waals surface area contributed by atoms with E-state index < -0.39 is 7.12 Å². The van der Waals surface area contributed by atoms with E-state index in [2.05, 4.69) is 17.1 Å². The summed E-state index contributed by atoms with van der Waals surface area (Å²) in [6, 6.07) is 12.2. The van der Waals surface area contributed by atoms with E-state index in [0.29, 0.717) is 24.4 Å². The summed E-state index contributed by atoms with van der Waals surface area (Å²) in [6.07, 6.45) is 3.56. The Hall–Kier alpha value is -2.97. The minimum absolute atomic E-state index is 0.0884. The summed E-state index contributed by atoms with van der Waals surface area (Å²) in [5.41, 5.74) is 5.39. The largest absolute Gasteiger partial charge is 0.488 e. The zero-order chi connectivity index (χ0) is 21.5. The zero-order valence-corrected chi connectivity index (χ0v) is 17.3. The van der Waals surface area contributed by atoms with Crippen molar-refractivity contribution in [3.8, 4) is 0 Å². The third-order valence-electron chi connectivity index (χ3n) is 6.15. The maximum atomic E-state index is 13.6. The molecule has 1 unspecified atom stereocenters. The number of fused-ring (bicyclic) bond motifs is 2. The van der Waals surface area contributed by atoms with E-state index in [9.17, 15) is 14.4 Å². The molecule has 0 saturated heterocycles. The number of hydrogen-bond acceptors (Lipinski definition) is 6. The third kappa shape index (κ3) is 3.66. The summed E-state index contributed by atoms with van der Waals surface area (Å²) in [6.45, 7) is 2.57. The Balaban J connectivity index is 1.51. The van der Waals surface area contributed by atoms with Gasteiger partial charge in [0.15, 0.2) is 0 Å². The number of aryl methyl sites for hydroxylation is 1. The minimum Gasteiger partial charge on any atom is -0.423 e. The number of aromatic nitrogens is 2. The molecular weight excluding hydrogens is 394 g/mol. The first-order valence-electron chi connectivity index (χ1n) is 10.7. The van der Waals surface area contributed by atoms with Crippen molar-refractivity contribution in [3.63, 3.8) is 0 Å². The lowest BCUT2D eigenvalue weighted by molar-refractivity contribution is 0.425. The fourth-order valence-electron chi connectivity index (χ4n) is 4.72. The molecule has 0 amide bonds. The van der Waals surface area contributed by atoms with Crippen LogP contribution in [0.25, 0.3) is 0 Å². The second-order valence-corrected chi connectivity index (χ2v) is 8.28. The van der Waals surface area contributed by atoms with Gasteiger partial charge in [-0.1, -0.05) is 24.3 Å². The third-order valence-corrected chi connectivity index (χ3v) is 6.15. The van der Waals surface area contributed by atoms with Crippen LogP contribution in [0.5, 0.6) is 0 Å². The van der Waals surface area contributed by atoms with Crippen LogP contribution >= 0.6 is 0 Å². The molecule has 2 aromatic carbocycles. The molecule has 5 rings (SSSR count). The van der Waals surface area contributed by atoms with Gasteiger partial charge in [0.1, 0.15) is 11.6 Å². The van der Waals surface area contributed by atoms with Gasteiger partial charge in [-0.2, -0.15) is 4.98 Å². The first-order valence-corrected chi connectivity index (χ1v) is 10.7. The normalized spacial score (nSPS) is 16.9. The summed E-state index contributed by atoms with van der Waals surface area (Å²) in [7, 11) is -1.51. The van der Waals surface area contributed by atoms with Gasteiger partial charge in [0.25, 0.3) is 0 Å². The number of halogens is 1. The first-order chi connectivity index (χ1) is 15.0. The summed E-state index contributed by atoms with van der Waals surface area (Å²) in [4.78, 5) is 11.8. The molecule has 0 fully saturated rings. The van der Waals surface area contributed by atoms with Gasteiger partial charge in [0.2, 0.25) is 5.95 Å². The maximum absolute atomic E-state index is 13.6. The Bertz CT molecular complexity index is 1140. The maximum Gasteiger partial charge on any atom is 0.488 e. The summed E-state index contributed by atoms with van der Waals surface area (Å²) in [5, 5.41) is 22.9. The predicted octanol–water partition coefficient (Wildman–Crippen LogP) is 2.48. The van der Waals surface area contributed by atoms with Crippen molar-refractivity contribution in [1.82, 2.24) is 9.97 Å². The van der Waals surface area contributed by atoms with Gasteiger partial charge in [-0.25, -0.2) is 9.37 Å². The molecule has 158 valence electrons.